The third-order valence-electron chi connectivity index (χ3n) is 4.48. The number of anilines is 1. The molecule has 1 unspecified atom stereocenters. The second-order valence-electron chi connectivity index (χ2n) is 5.81. The summed E-state index contributed by atoms with van der Waals surface area (Å²) < 4.78 is 0. The average Bonchev–Trinajstić information content (AvgIpc) is 2.49. The number of benzene rings is 1. The van der Waals surface area contributed by atoms with E-state index in [-0.39, 0.29) is 6.42 Å². The lowest BCUT2D eigenvalue weighted by molar-refractivity contribution is -0.136. The summed E-state index contributed by atoms with van der Waals surface area (Å²) in [6.45, 7) is 2.85. The van der Waals surface area contributed by atoms with E-state index in [4.69, 9.17) is 5.11 Å². The largest absolute Gasteiger partial charge is 0.481 e. The van der Waals surface area contributed by atoms with Crippen molar-refractivity contribution in [2.75, 3.05) is 11.4 Å². The molecule has 0 aliphatic heterocycles. The predicted molar refractivity (Wildman–Crippen MR) is 82.1 cm³/mol. The minimum Gasteiger partial charge on any atom is -0.481 e. The van der Waals surface area contributed by atoms with Crippen molar-refractivity contribution >= 4 is 11.7 Å². The van der Waals surface area contributed by atoms with Gasteiger partial charge in [0.2, 0.25) is 0 Å². The third kappa shape index (κ3) is 3.99. The van der Waals surface area contributed by atoms with Crippen molar-refractivity contribution in [3.63, 3.8) is 0 Å². The second-order valence-corrected chi connectivity index (χ2v) is 5.81. The summed E-state index contributed by atoms with van der Waals surface area (Å²) in [4.78, 5) is 13.2. The molecule has 1 atom stereocenters. The molecule has 20 heavy (non-hydrogen) atoms. The molecule has 1 aromatic carbocycles. The van der Waals surface area contributed by atoms with Crippen molar-refractivity contribution in [2.45, 2.75) is 51.5 Å². The highest BCUT2D eigenvalue weighted by Gasteiger charge is 2.25. The number of carboxylic acids is 1. The quantitative estimate of drug-likeness (QED) is 0.855. The van der Waals surface area contributed by atoms with Crippen molar-refractivity contribution in [3.8, 4) is 0 Å². The third-order valence-corrected chi connectivity index (χ3v) is 4.48. The maximum Gasteiger partial charge on any atom is 0.305 e. The fourth-order valence-corrected chi connectivity index (χ4v) is 3.27. The van der Waals surface area contributed by atoms with Crippen LogP contribution < -0.4 is 4.90 Å². The van der Waals surface area contributed by atoms with E-state index in [0.717, 1.165) is 5.69 Å². The lowest BCUT2D eigenvalue weighted by atomic mass is 9.83. The molecule has 0 heterocycles. The predicted octanol–water partition coefficient (Wildman–Crippen LogP) is 3.94. The zero-order valence-corrected chi connectivity index (χ0v) is 12.3. The first-order valence-electron chi connectivity index (χ1n) is 7.72. The average molecular weight is 275 g/mol. The van der Waals surface area contributed by atoms with Crippen LogP contribution in [-0.4, -0.2) is 23.7 Å². The van der Waals surface area contributed by atoms with E-state index >= 15 is 0 Å². The molecular weight excluding hydrogens is 250 g/mol. The molecule has 1 saturated carbocycles. The van der Waals surface area contributed by atoms with Gasteiger partial charge in [0.05, 0.1) is 6.42 Å². The molecule has 2 rings (SSSR count). The number of hydrogen-bond donors (Lipinski definition) is 1. The maximum atomic E-state index is 10.9. The first kappa shape index (κ1) is 14.9. The van der Waals surface area contributed by atoms with Crippen LogP contribution in [0.5, 0.6) is 0 Å². The molecule has 0 radical (unpaired) electrons. The molecule has 1 aromatic rings. The molecule has 3 heteroatoms. The van der Waals surface area contributed by atoms with E-state index in [1.807, 2.05) is 18.2 Å². The van der Waals surface area contributed by atoms with Gasteiger partial charge in [-0.25, -0.2) is 0 Å². The molecule has 1 aliphatic rings. The van der Waals surface area contributed by atoms with Crippen molar-refractivity contribution in [2.24, 2.45) is 5.92 Å². The highest BCUT2D eigenvalue weighted by molar-refractivity contribution is 5.67. The highest BCUT2D eigenvalue weighted by Crippen LogP contribution is 2.31. The second kappa shape index (κ2) is 7.32. The van der Waals surface area contributed by atoms with Crippen LogP contribution in [0.4, 0.5) is 5.69 Å². The Hall–Kier alpha value is -1.51. The number of carbonyl (C=O) groups is 1. The Balaban J connectivity index is 2.10. The Morgan fingerprint density at radius 2 is 1.90 bits per heavy atom. The summed E-state index contributed by atoms with van der Waals surface area (Å²) >= 11 is 0. The number of para-hydroxylation sites is 1. The summed E-state index contributed by atoms with van der Waals surface area (Å²) in [7, 11) is 0. The lowest BCUT2D eigenvalue weighted by Gasteiger charge is -2.38. The van der Waals surface area contributed by atoms with Gasteiger partial charge in [-0.15, -0.1) is 0 Å². The molecule has 1 aliphatic carbocycles. The van der Waals surface area contributed by atoms with E-state index in [1.54, 1.807) is 0 Å². The minimum atomic E-state index is -0.721. The van der Waals surface area contributed by atoms with E-state index in [0.29, 0.717) is 18.5 Å². The number of hydrogen-bond acceptors (Lipinski definition) is 2. The van der Waals surface area contributed by atoms with Gasteiger partial charge in [-0.2, -0.15) is 0 Å². The number of aliphatic carboxylic acids is 1. The van der Waals surface area contributed by atoms with Crippen molar-refractivity contribution in [1.29, 1.82) is 0 Å². The van der Waals surface area contributed by atoms with Crippen molar-refractivity contribution in [3.05, 3.63) is 30.3 Å². The van der Waals surface area contributed by atoms with Gasteiger partial charge in [-0.05, 0) is 37.8 Å². The van der Waals surface area contributed by atoms with Crippen LogP contribution in [0.15, 0.2) is 30.3 Å². The normalized spacial score (nSPS) is 17.6. The Labute approximate surface area is 121 Å². The first-order valence-corrected chi connectivity index (χ1v) is 7.72. The topological polar surface area (TPSA) is 40.5 Å². The zero-order valence-electron chi connectivity index (χ0n) is 12.3. The minimum absolute atomic E-state index is 0.200. The molecule has 0 aromatic heterocycles. The van der Waals surface area contributed by atoms with Gasteiger partial charge in [-0.3, -0.25) is 4.79 Å². The molecule has 0 bridgehead atoms. The van der Waals surface area contributed by atoms with Gasteiger partial charge in [-0.1, -0.05) is 37.5 Å². The lowest BCUT2D eigenvalue weighted by Crippen LogP contribution is -2.40. The number of rotatable bonds is 6. The fourth-order valence-electron chi connectivity index (χ4n) is 3.27. The molecule has 0 spiro atoms. The van der Waals surface area contributed by atoms with E-state index in [1.165, 1.54) is 32.1 Å². The Morgan fingerprint density at radius 3 is 2.50 bits per heavy atom. The molecule has 3 nitrogen and oxygen atoms in total. The number of nitrogens with zero attached hydrogens (tertiary/aromatic N) is 1. The van der Waals surface area contributed by atoms with Crippen LogP contribution in [0.25, 0.3) is 0 Å². The zero-order chi connectivity index (χ0) is 14.4. The molecular formula is C17H25NO2. The fraction of sp³-hybridized carbons (Fsp3) is 0.588. The van der Waals surface area contributed by atoms with Gasteiger partial charge < -0.3 is 10.0 Å². The summed E-state index contributed by atoms with van der Waals surface area (Å²) in [5.74, 6) is -0.0282. The Morgan fingerprint density at radius 1 is 1.25 bits per heavy atom. The van der Waals surface area contributed by atoms with E-state index < -0.39 is 5.97 Å². The molecule has 110 valence electrons. The van der Waals surface area contributed by atoms with Gasteiger partial charge in [0.25, 0.3) is 0 Å². The van der Waals surface area contributed by atoms with E-state index in [9.17, 15) is 4.79 Å². The van der Waals surface area contributed by atoms with Crippen LogP contribution in [0, 0.1) is 5.92 Å². The van der Waals surface area contributed by atoms with Gasteiger partial charge in [0.1, 0.15) is 0 Å². The molecule has 0 amide bonds. The molecule has 1 N–H and O–H groups in total. The smallest absolute Gasteiger partial charge is 0.305 e. The standard InChI is InChI=1S/C17H25NO2/c1-14(15-8-4-2-5-9-15)18(13-12-17(19)20)16-10-6-3-7-11-16/h3,6-7,10-11,14-15H,2,4-5,8-9,12-13H2,1H3,(H,19,20). The Bertz CT molecular complexity index is 412. The first-order chi connectivity index (χ1) is 9.68. The number of carboxylic acid groups (broad SMARTS) is 1. The summed E-state index contributed by atoms with van der Waals surface area (Å²) in [5.41, 5.74) is 1.15. The van der Waals surface area contributed by atoms with Crippen LogP contribution >= 0.6 is 0 Å². The molecule has 0 saturated heterocycles. The van der Waals surface area contributed by atoms with Crippen molar-refractivity contribution < 1.29 is 9.90 Å². The monoisotopic (exact) mass is 275 g/mol. The van der Waals surface area contributed by atoms with Crippen LogP contribution in [0.2, 0.25) is 0 Å². The van der Waals surface area contributed by atoms with E-state index in [2.05, 4.69) is 24.0 Å². The maximum absolute atomic E-state index is 10.9. The van der Waals surface area contributed by atoms with Gasteiger partial charge in [0, 0.05) is 18.3 Å². The Kier molecular flexibility index (Phi) is 5.45. The van der Waals surface area contributed by atoms with Crippen LogP contribution in [0.3, 0.4) is 0 Å². The van der Waals surface area contributed by atoms with Gasteiger partial charge >= 0.3 is 5.97 Å². The highest BCUT2D eigenvalue weighted by atomic mass is 16.4. The van der Waals surface area contributed by atoms with Crippen LogP contribution in [-0.2, 0) is 4.79 Å². The summed E-state index contributed by atoms with van der Waals surface area (Å²) in [6, 6.07) is 10.6. The molecule has 1 fully saturated rings. The van der Waals surface area contributed by atoms with Crippen molar-refractivity contribution in [1.82, 2.24) is 0 Å². The van der Waals surface area contributed by atoms with Crippen LogP contribution in [0.1, 0.15) is 45.4 Å². The van der Waals surface area contributed by atoms with Gasteiger partial charge in [0.15, 0.2) is 0 Å². The SMILES string of the molecule is CC(C1CCCCC1)N(CCC(=O)O)c1ccccc1. The summed E-state index contributed by atoms with van der Waals surface area (Å²) in [5, 5.41) is 8.97. The summed E-state index contributed by atoms with van der Waals surface area (Å²) in [6.07, 6.45) is 6.73.